The first-order valence-corrected chi connectivity index (χ1v) is 17.6. The molecule has 12 nitrogen and oxygen atoms in total. The Morgan fingerprint density at radius 3 is 2.31 bits per heavy atom. The predicted octanol–water partition coefficient (Wildman–Crippen LogP) is 1.36. The van der Waals surface area contributed by atoms with Crippen molar-refractivity contribution in [3.8, 4) is 11.5 Å². The lowest BCUT2D eigenvalue weighted by Crippen LogP contribution is -2.85. The summed E-state index contributed by atoms with van der Waals surface area (Å²) in [5.74, 6) is -3.63. The maximum absolute atomic E-state index is 13.5. The Balaban J connectivity index is 1.16. The number of esters is 1. The number of carbonyl (C=O) groups excluding carboxylic acids is 1. The molecule has 4 aliphatic carbocycles. The highest BCUT2D eigenvalue weighted by molar-refractivity contribution is 5.90. The van der Waals surface area contributed by atoms with E-state index in [1.807, 2.05) is 6.92 Å². The van der Waals surface area contributed by atoms with Gasteiger partial charge < -0.3 is 49.6 Å². The molecule has 3 heterocycles. The van der Waals surface area contributed by atoms with Gasteiger partial charge in [0.2, 0.25) is 5.79 Å². The Bertz CT molecular complexity index is 1520. The summed E-state index contributed by atoms with van der Waals surface area (Å²) in [6, 6.07) is 4.28. The van der Waals surface area contributed by atoms with Crippen LogP contribution in [0.2, 0.25) is 0 Å². The molecule has 4 bridgehead atoms. The number of methoxy groups -OCH3 is 2. The zero-order valence-electron chi connectivity index (χ0n) is 28.5. The van der Waals surface area contributed by atoms with Crippen LogP contribution in [0.4, 0.5) is 0 Å². The number of aliphatic hydroxyl groups excluding tert-OH is 1. The van der Waals surface area contributed by atoms with Gasteiger partial charge in [-0.05, 0) is 69.6 Å². The van der Waals surface area contributed by atoms with Crippen LogP contribution >= 0.6 is 0 Å². The van der Waals surface area contributed by atoms with E-state index in [-0.39, 0.29) is 24.9 Å². The summed E-state index contributed by atoms with van der Waals surface area (Å²) in [4.78, 5) is 15.6. The van der Waals surface area contributed by atoms with Crippen molar-refractivity contribution in [3.63, 3.8) is 0 Å². The van der Waals surface area contributed by atoms with Gasteiger partial charge in [0.1, 0.15) is 22.4 Å². The Labute approximate surface area is 280 Å². The van der Waals surface area contributed by atoms with Crippen molar-refractivity contribution in [2.75, 3.05) is 27.3 Å². The molecule has 0 aromatic heterocycles. The minimum absolute atomic E-state index is 0.101. The fourth-order valence-corrected chi connectivity index (χ4v) is 12.6. The van der Waals surface area contributed by atoms with Gasteiger partial charge >= 0.3 is 5.97 Å². The standard InChI is InChI=1S/C36H51NO11/c1-19-6-11-26-31(3,40)35(43)25(17-37(26)16-19)33(42)18-34-24(32(33,41)15-27(35)38)10-9-23-30(34,2)13-12-28(36(23,44)48-34)47-29(39)20-7-8-21(45-4)22(14-20)46-5/h7-8,14,19,23-28,38,40-44H,6,9-13,15-18H2,1-5H3/t19-,23?,24-,25-,26-,27-,28?,30-,31+,32+,33+,34+,35-,36-/m0/s1. The monoisotopic (exact) mass is 673 g/mol. The molecule has 7 aliphatic rings. The van der Waals surface area contributed by atoms with Crippen molar-refractivity contribution < 1.29 is 54.4 Å². The lowest BCUT2D eigenvalue weighted by Gasteiger charge is -2.68. The van der Waals surface area contributed by atoms with Crippen molar-refractivity contribution >= 4 is 5.97 Å². The van der Waals surface area contributed by atoms with E-state index in [4.69, 9.17) is 18.9 Å². The van der Waals surface area contributed by atoms with Crippen molar-refractivity contribution in [1.29, 1.82) is 0 Å². The molecule has 1 spiro atoms. The van der Waals surface area contributed by atoms with E-state index < -0.39 is 81.2 Å². The number of aliphatic hydroxyl groups is 6. The normalized spacial score (nSPS) is 53.6. The Morgan fingerprint density at radius 1 is 0.896 bits per heavy atom. The molecule has 3 saturated heterocycles. The van der Waals surface area contributed by atoms with E-state index in [1.54, 1.807) is 19.1 Å². The third-order valence-corrected chi connectivity index (χ3v) is 14.9. The number of piperidine rings is 2. The fraction of sp³-hybridized carbons (Fsp3) is 0.806. The van der Waals surface area contributed by atoms with Crippen LogP contribution in [0.25, 0.3) is 0 Å². The lowest BCUT2D eigenvalue weighted by molar-refractivity contribution is -0.354. The SMILES string of the molecule is COc1ccc(C(=O)OC2CC[C@@]3(C)C4CC[C@H]5[C@]6(O)C[C@H](O)[C@@]7(O)[C@@H](CN8C[C@@H](C)CC[C@H]8[C@@]7(C)O)[C@]6(O)C[C@@]53O[C@]24O)cc1OC. The second kappa shape index (κ2) is 10.1. The van der Waals surface area contributed by atoms with Crippen LogP contribution in [0.3, 0.4) is 0 Å². The topological polar surface area (TPSA) is 179 Å². The number of hydrogen-bond acceptors (Lipinski definition) is 12. The Morgan fingerprint density at radius 2 is 1.60 bits per heavy atom. The summed E-state index contributed by atoms with van der Waals surface area (Å²) in [6.45, 7) is 6.57. The minimum atomic E-state index is -2.10. The van der Waals surface area contributed by atoms with Gasteiger partial charge in [0.15, 0.2) is 17.6 Å². The van der Waals surface area contributed by atoms with E-state index in [1.165, 1.54) is 20.3 Å². The molecule has 7 fully saturated rings. The number of hydrogen-bond donors (Lipinski definition) is 6. The molecule has 0 amide bonds. The predicted molar refractivity (Wildman–Crippen MR) is 169 cm³/mol. The van der Waals surface area contributed by atoms with Crippen molar-refractivity contribution in [2.24, 2.45) is 29.1 Å². The van der Waals surface area contributed by atoms with Gasteiger partial charge in [-0.3, -0.25) is 4.90 Å². The van der Waals surface area contributed by atoms with Crippen LogP contribution in [0.1, 0.15) is 82.5 Å². The fourth-order valence-electron chi connectivity index (χ4n) is 12.6. The zero-order valence-corrected chi connectivity index (χ0v) is 28.5. The van der Waals surface area contributed by atoms with E-state index in [9.17, 15) is 35.4 Å². The van der Waals surface area contributed by atoms with Crippen LogP contribution < -0.4 is 9.47 Å². The average Bonchev–Trinajstić information content (AvgIpc) is 3.21. The lowest BCUT2D eigenvalue weighted by atomic mass is 9.49. The first-order valence-electron chi connectivity index (χ1n) is 17.6. The van der Waals surface area contributed by atoms with Gasteiger partial charge in [0.25, 0.3) is 0 Å². The molecule has 2 unspecified atom stereocenters. The molecule has 0 radical (unpaired) electrons. The van der Waals surface area contributed by atoms with Crippen molar-refractivity contribution in [3.05, 3.63) is 23.8 Å². The number of ether oxygens (including phenoxy) is 4. The number of benzene rings is 1. The van der Waals surface area contributed by atoms with E-state index in [0.29, 0.717) is 56.1 Å². The number of fused-ring (bicyclic) bond motifs is 5. The van der Waals surface area contributed by atoms with Gasteiger partial charge in [0, 0.05) is 55.1 Å². The molecule has 266 valence electrons. The van der Waals surface area contributed by atoms with E-state index in [2.05, 4.69) is 11.8 Å². The third kappa shape index (κ3) is 3.66. The highest BCUT2D eigenvalue weighted by Gasteiger charge is 2.88. The summed E-state index contributed by atoms with van der Waals surface area (Å²) in [6.07, 6.45) is 0.172. The molecule has 3 aliphatic heterocycles. The largest absolute Gasteiger partial charge is 0.493 e. The maximum Gasteiger partial charge on any atom is 0.338 e. The Hall–Kier alpha value is -2.03. The van der Waals surface area contributed by atoms with E-state index >= 15 is 0 Å². The number of nitrogens with zero attached hydrogens (tertiary/aromatic N) is 1. The molecule has 12 heteroatoms. The molecule has 1 aromatic rings. The van der Waals surface area contributed by atoms with Crippen LogP contribution in [0, 0.1) is 29.1 Å². The molecule has 4 saturated carbocycles. The van der Waals surface area contributed by atoms with Crippen LogP contribution in [-0.2, 0) is 9.47 Å². The quantitative estimate of drug-likeness (QED) is 0.253. The van der Waals surface area contributed by atoms with Crippen molar-refractivity contribution in [1.82, 2.24) is 4.90 Å². The Kier molecular flexibility index (Phi) is 6.94. The summed E-state index contributed by atoms with van der Waals surface area (Å²) in [5.41, 5.74) is -9.44. The first-order chi connectivity index (χ1) is 22.5. The van der Waals surface area contributed by atoms with Gasteiger partial charge in [-0.15, -0.1) is 0 Å². The molecular formula is C36H51NO11. The van der Waals surface area contributed by atoms with Crippen LogP contribution in [0.5, 0.6) is 11.5 Å². The highest BCUT2D eigenvalue weighted by atomic mass is 16.7. The molecule has 8 rings (SSSR count). The molecule has 48 heavy (non-hydrogen) atoms. The van der Waals surface area contributed by atoms with Crippen LogP contribution in [-0.4, -0.2) is 121 Å². The second-order valence-corrected chi connectivity index (χ2v) is 16.8. The molecule has 6 N–H and O–H groups in total. The molecule has 14 atom stereocenters. The average molecular weight is 674 g/mol. The van der Waals surface area contributed by atoms with Gasteiger partial charge in [-0.25, -0.2) is 4.79 Å². The number of rotatable bonds is 4. The summed E-state index contributed by atoms with van der Waals surface area (Å²) in [5, 5.41) is 74.7. The minimum Gasteiger partial charge on any atom is -0.493 e. The summed E-state index contributed by atoms with van der Waals surface area (Å²) < 4.78 is 23.5. The highest BCUT2D eigenvalue weighted by Crippen LogP contribution is 2.78. The van der Waals surface area contributed by atoms with Gasteiger partial charge in [-0.1, -0.05) is 13.8 Å². The van der Waals surface area contributed by atoms with E-state index in [0.717, 1.165) is 6.42 Å². The second-order valence-electron chi connectivity index (χ2n) is 16.8. The zero-order chi connectivity index (χ0) is 34.4. The molecular weight excluding hydrogens is 622 g/mol. The maximum atomic E-state index is 13.5. The number of carbonyl (C=O) groups is 1. The summed E-state index contributed by atoms with van der Waals surface area (Å²) >= 11 is 0. The smallest absolute Gasteiger partial charge is 0.338 e. The summed E-state index contributed by atoms with van der Waals surface area (Å²) in [7, 11) is 2.97. The molecule has 1 aromatic carbocycles. The third-order valence-electron chi connectivity index (χ3n) is 14.9. The first kappa shape index (κ1) is 33.1. The van der Waals surface area contributed by atoms with Gasteiger partial charge in [-0.2, -0.15) is 0 Å². The van der Waals surface area contributed by atoms with Gasteiger partial charge in [0.05, 0.1) is 31.5 Å². The van der Waals surface area contributed by atoms with Crippen molar-refractivity contribution in [2.45, 2.75) is 124 Å². The van der Waals surface area contributed by atoms with Crippen LogP contribution in [0.15, 0.2) is 18.2 Å².